The maximum Gasteiger partial charge on any atom is 0.178 e. The molecule has 2 aromatic heterocycles. The van der Waals surface area contributed by atoms with Crippen molar-refractivity contribution in [2.75, 3.05) is 18.9 Å². The van der Waals surface area contributed by atoms with Crippen LogP contribution in [0.5, 0.6) is 0 Å². The molecule has 0 bridgehead atoms. The Balaban J connectivity index is 1.39. The molecular weight excluding hydrogens is 312 g/mol. The summed E-state index contributed by atoms with van der Waals surface area (Å²) in [6.45, 7) is 4.06. The monoisotopic (exact) mass is 336 g/mol. The number of nitrogens with zero attached hydrogens (tertiary/aromatic N) is 5. The minimum Gasteiger partial charge on any atom is -0.365 e. The van der Waals surface area contributed by atoms with Gasteiger partial charge in [0.25, 0.3) is 0 Å². The van der Waals surface area contributed by atoms with Gasteiger partial charge in [0.2, 0.25) is 0 Å². The van der Waals surface area contributed by atoms with Crippen molar-refractivity contribution < 1.29 is 0 Å². The highest BCUT2D eigenvalue weighted by Crippen LogP contribution is 2.38. The third-order valence-corrected chi connectivity index (χ3v) is 4.50. The van der Waals surface area contributed by atoms with Crippen LogP contribution in [0.4, 0.5) is 5.82 Å². The van der Waals surface area contributed by atoms with Gasteiger partial charge in [-0.3, -0.25) is 0 Å². The molecule has 1 aliphatic rings. The molecule has 0 radical (unpaired) electrons. The summed E-state index contributed by atoms with van der Waals surface area (Å²) in [4.78, 5) is 2.32. The number of hydrogen-bond acceptors (Lipinski definition) is 5. The number of anilines is 1. The van der Waals surface area contributed by atoms with Gasteiger partial charge in [0, 0.05) is 25.0 Å². The highest BCUT2D eigenvalue weighted by molar-refractivity contribution is 5.45. The summed E-state index contributed by atoms with van der Waals surface area (Å²) < 4.78 is 1.89. The van der Waals surface area contributed by atoms with Gasteiger partial charge < -0.3 is 10.2 Å². The molecule has 3 aromatic rings. The van der Waals surface area contributed by atoms with Crippen molar-refractivity contribution in [3.63, 3.8) is 0 Å². The molecule has 1 aromatic carbocycles. The zero-order valence-corrected chi connectivity index (χ0v) is 14.8. The summed E-state index contributed by atoms with van der Waals surface area (Å²) in [7, 11) is 2.15. The van der Waals surface area contributed by atoms with Gasteiger partial charge >= 0.3 is 0 Å². The van der Waals surface area contributed by atoms with Crippen molar-refractivity contribution in [2.45, 2.75) is 38.3 Å². The predicted octanol–water partition coefficient (Wildman–Crippen LogP) is 2.93. The standard InChI is InChI=1S/C19H24N6/c1-14(12-24(2)13-15-6-4-3-5-7-15)20-17-10-11-18-21-22-19(16-8-9-16)25(18)23-17/h3-7,10-11,14,16H,8-9,12-13H2,1-2H3,(H,20,23). The SMILES string of the molecule is CC(CN(C)Cc1ccccc1)Nc1ccc2nnc(C3CC3)n2n1. The molecule has 6 heteroatoms. The minimum atomic E-state index is 0.291. The average Bonchev–Trinajstić information content (AvgIpc) is 3.35. The predicted molar refractivity (Wildman–Crippen MR) is 98.6 cm³/mol. The van der Waals surface area contributed by atoms with Gasteiger partial charge in [-0.05, 0) is 44.5 Å². The summed E-state index contributed by atoms with van der Waals surface area (Å²) in [5.41, 5.74) is 2.15. The van der Waals surface area contributed by atoms with Gasteiger partial charge in [0.05, 0.1) is 0 Å². The second-order valence-electron chi connectivity index (χ2n) is 7.05. The van der Waals surface area contributed by atoms with Crippen LogP contribution < -0.4 is 5.32 Å². The minimum absolute atomic E-state index is 0.291. The van der Waals surface area contributed by atoms with Gasteiger partial charge in [-0.25, -0.2) is 0 Å². The first-order valence-corrected chi connectivity index (χ1v) is 8.90. The Kier molecular flexibility index (Phi) is 4.36. The Morgan fingerprint density at radius 3 is 2.72 bits per heavy atom. The molecular formula is C19H24N6. The van der Waals surface area contributed by atoms with Gasteiger partial charge in [0.15, 0.2) is 11.5 Å². The quantitative estimate of drug-likeness (QED) is 0.719. The number of benzene rings is 1. The van der Waals surface area contributed by atoms with E-state index < -0.39 is 0 Å². The summed E-state index contributed by atoms with van der Waals surface area (Å²) in [5.74, 6) is 2.40. The van der Waals surface area contributed by atoms with E-state index in [1.165, 1.54) is 18.4 Å². The van der Waals surface area contributed by atoms with E-state index in [2.05, 4.69) is 69.8 Å². The van der Waals surface area contributed by atoms with Gasteiger partial charge in [-0.1, -0.05) is 30.3 Å². The smallest absolute Gasteiger partial charge is 0.178 e. The summed E-state index contributed by atoms with van der Waals surface area (Å²) in [5, 5.41) is 16.7. The molecule has 0 amide bonds. The van der Waals surface area contributed by atoms with Crippen LogP contribution in [0.2, 0.25) is 0 Å². The van der Waals surface area contributed by atoms with E-state index in [0.717, 1.165) is 30.4 Å². The number of hydrogen-bond donors (Lipinski definition) is 1. The molecule has 0 spiro atoms. The van der Waals surface area contributed by atoms with E-state index in [9.17, 15) is 0 Å². The Morgan fingerprint density at radius 1 is 1.16 bits per heavy atom. The lowest BCUT2D eigenvalue weighted by atomic mass is 10.2. The number of likely N-dealkylation sites (N-methyl/N-ethyl adjacent to an activating group) is 1. The summed E-state index contributed by atoms with van der Waals surface area (Å²) in [6.07, 6.45) is 2.39. The number of aromatic nitrogens is 4. The van der Waals surface area contributed by atoms with E-state index >= 15 is 0 Å². The Bertz CT molecular complexity index is 840. The molecule has 2 heterocycles. The van der Waals surface area contributed by atoms with Crippen LogP contribution in [-0.2, 0) is 6.54 Å². The fourth-order valence-electron chi connectivity index (χ4n) is 3.20. The van der Waals surface area contributed by atoms with Gasteiger partial charge in [-0.2, -0.15) is 4.52 Å². The third-order valence-electron chi connectivity index (χ3n) is 4.50. The lowest BCUT2D eigenvalue weighted by Gasteiger charge is -2.22. The van der Waals surface area contributed by atoms with Crippen LogP contribution in [0.1, 0.15) is 37.1 Å². The normalized spacial score (nSPS) is 15.6. The fourth-order valence-corrected chi connectivity index (χ4v) is 3.20. The van der Waals surface area contributed by atoms with Crippen molar-refractivity contribution >= 4 is 11.5 Å². The van der Waals surface area contributed by atoms with Gasteiger partial charge in [0.1, 0.15) is 5.82 Å². The number of fused-ring (bicyclic) bond motifs is 1. The van der Waals surface area contributed by atoms with Crippen molar-refractivity contribution in [1.29, 1.82) is 0 Å². The van der Waals surface area contributed by atoms with E-state index in [1.807, 2.05) is 16.6 Å². The van der Waals surface area contributed by atoms with Crippen molar-refractivity contribution in [3.05, 3.63) is 53.9 Å². The summed E-state index contributed by atoms with van der Waals surface area (Å²) >= 11 is 0. The van der Waals surface area contributed by atoms with Crippen molar-refractivity contribution in [2.24, 2.45) is 0 Å². The molecule has 6 nitrogen and oxygen atoms in total. The molecule has 130 valence electrons. The van der Waals surface area contributed by atoms with Gasteiger partial charge in [-0.15, -0.1) is 15.3 Å². The molecule has 1 aliphatic carbocycles. The van der Waals surface area contributed by atoms with Crippen LogP contribution in [0.15, 0.2) is 42.5 Å². The first-order chi connectivity index (χ1) is 12.2. The third kappa shape index (κ3) is 3.79. The molecule has 0 saturated heterocycles. The average molecular weight is 336 g/mol. The van der Waals surface area contributed by atoms with E-state index in [0.29, 0.717) is 12.0 Å². The van der Waals surface area contributed by atoms with Crippen LogP contribution in [-0.4, -0.2) is 44.3 Å². The highest BCUT2D eigenvalue weighted by atomic mass is 15.4. The van der Waals surface area contributed by atoms with E-state index in [1.54, 1.807) is 0 Å². The maximum absolute atomic E-state index is 4.69. The van der Waals surface area contributed by atoms with Crippen LogP contribution >= 0.6 is 0 Å². The van der Waals surface area contributed by atoms with Crippen LogP contribution in [0.3, 0.4) is 0 Å². The molecule has 1 saturated carbocycles. The number of nitrogens with one attached hydrogen (secondary N) is 1. The topological polar surface area (TPSA) is 58.3 Å². The molecule has 1 unspecified atom stereocenters. The zero-order valence-electron chi connectivity index (χ0n) is 14.8. The lowest BCUT2D eigenvalue weighted by molar-refractivity contribution is 0.316. The second kappa shape index (κ2) is 6.80. The van der Waals surface area contributed by atoms with Crippen molar-refractivity contribution in [3.8, 4) is 0 Å². The van der Waals surface area contributed by atoms with Crippen molar-refractivity contribution in [1.82, 2.24) is 24.7 Å². The Hall–Kier alpha value is -2.47. The molecule has 25 heavy (non-hydrogen) atoms. The Labute approximate surface area is 147 Å². The Morgan fingerprint density at radius 2 is 1.96 bits per heavy atom. The fraction of sp³-hybridized carbons (Fsp3) is 0.421. The molecule has 0 aliphatic heterocycles. The first kappa shape index (κ1) is 16.0. The lowest BCUT2D eigenvalue weighted by Crippen LogP contribution is -2.32. The van der Waals surface area contributed by atoms with E-state index in [4.69, 9.17) is 0 Å². The molecule has 1 atom stereocenters. The molecule has 1 N–H and O–H groups in total. The largest absolute Gasteiger partial charge is 0.365 e. The van der Waals surface area contributed by atoms with Crippen LogP contribution in [0, 0.1) is 0 Å². The van der Waals surface area contributed by atoms with Crippen LogP contribution in [0.25, 0.3) is 5.65 Å². The molecule has 4 rings (SSSR count). The molecule has 1 fully saturated rings. The maximum atomic E-state index is 4.69. The highest BCUT2D eigenvalue weighted by Gasteiger charge is 2.29. The van der Waals surface area contributed by atoms with E-state index in [-0.39, 0.29) is 0 Å². The first-order valence-electron chi connectivity index (χ1n) is 8.90. The number of rotatable bonds is 7. The summed E-state index contributed by atoms with van der Waals surface area (Å²) in [6, 6.07) is 14.8. The zero-order chi connectivity index (χ0) is 17.2. The second-order valence-corrected chi connectivity index (χ2v) is 7.05.